The van der Waals surface area contributed by atoms with E-state index in [0.717, 1.165) is 26.2 Å². The van der Waals surface area contributed by atoms with Crippen molar-refractivity contribution in [3.63, 3.8) is 0 Å². The molecule has 5 aromatic carbocycles. The Labute approximate surface area is 312 Å². The van der Waals surface area contributed by atoms with Crippen molar-refractivity contribution in [3.8, 4) is 17.0 Å². The molecule has 3 amide bonds. The van der Waals surface area contributed by atoms with Gasteiger partial charge in [0.1, 0.15) is 16.7 Å². The number of hydrogen-bond acceptors (Lipinski definition) is 7. The zero-order valence-electron chi connectivity index (χ0n) is 27.2. The summed E-state index contributed by atoms with van der Waals surface area (Å²) in [6.07, 6.45) is 1.58. The van der Waals surface area contributed by atoms with Gasteiger partial charge in [-0.3, -0.25) is 14.4 Å². The number of nitrogens with zero attached hydrogens (tertiary/aromatic N) is 1. The van der Waals surface area contributed by atoms with Gasteiger partial charge in [-0.2, -0.15) is 0 Å². The van der Waals surface area contributed by atoms with Gasteiger partial charge in [0, 0.05) is 37.1 Å². The van der Waals surface area contributed by atoms with Gasteiger partial charge in [-0.15, -0.1) is 23.1 Å². The van der Waals surface area contributed by atoms with Crippen molar-refractivity contribution in [3.05, 3.63) is 166 Å². The third kappa shape index (κ3) is 9.40. The third-order valence-corrected chi connectivity index (χ3v) is 10.1. The topological polar surface area (TPSA) is 109 Å². The number of thioether (sulfide) groups is 1. The van der Waals surface area contributed by atoms with E-state index >= 15 is 0 Å². The predicted octanol–water partition coefficient (Wildman–Crippen LogP) is 9.46. The Kier molecular flexibility index (Phi) is 11.7. The minimum Gasteiger partial charge on any atom is -0.496 e. The van der Waals surface area contributed by atoms with Crippen LogP contribution in [0.5, 0.6) is 5.75 Å². The number of para-hydroxylation sites is 1. The number of rotatable bonds is 12. The van der Waals surface area contributed by atoms with E-state index in [1.54, 1.807) is 61.7 Å². The molecule has 3 N–H and O–H groups in total. The molecule has 0 spiro atoms. The second-order valence-corrected chi connectivity index (χ2v) is 14.0. The van der Waals surface area contributed by atoms with Gasteiger partial charge in [0.15, 0.2) is 5.13 Å². The summed E-state index contributed by atoms with van der Waals surface area (Å²) in [7, 11) is 1.54. The Morgan fingerprint density at radius 1 is 0.804 bits per heavy atom. The molecule has 51 heavy (non-hydrogen) atoms. The molecular formula is C40H31BrN4O4S2. The number of carbonyl (C=O) groups excluding carboxylic acids is 3. The number of methoxy groups -OCH3 is 1. The van der Waals surface area contributed by atoms with E-state index in [4.69, 9.17) is 4.74 Å². The van der Waals surface area contributed by atoms with Gasteiger partial charge in [0.25, 0.3) is 11.8 Å². The first-order chi connectivity index (χ1) is 24.9. The summed E-state index contributed by atoms with van der Waals surface area (Å²) >= 11 is 6.21. The van der Waals surface area contributed by atoms with Gasteiger partial charge in [-0.1, -0.05) is 94.8 Å². The van der Waals surface area contributed by atoms with E-state index in [-0.39, 0.29) is 11.6 Å². The second-order valence-electron chi connectivity index (χ2n) is 11.0. The van der Waals surface area contributed by atoms with E-state index in [1.807, 2.05) is 90.3 Å². The van der Waals surface area contributed by atoms with Crippen molar-refractivity contribution in [1.29, 1.82) is 0 Å². The standard InChI is InChI=1S/C40H31BrN4O4S2/c1-49-35-15-9-8-14-29(35)24-33(43-37(46)28-12-6-3-7-13-28)38(47)42-31-20-22-32(23-21-31)51-36(27-10-4-2-5-11-27)39(48)45-40-44-34(25-50-40)26-16-18-30(41)19-17-26/h2-25,36H,1H3,(H,42,47)(H,43,46)(H,44,45,48)/b33-24-. The quantitative estimate of drug-likeness (QED) is 0.0845. The molecule has 254 valence electrons. The van der Waals surface area contributed by atoms with Gasteiger partial charge >= 0.3 is 0 Å². The Morgan fingerprint density at radius 2 is 1.47 bits per heavy atom. The van der Waals surface area contributed by atoms with Gasteiger partial charge in [-0.05, 0) is 66.2 Å². The Morgan fingerprint density at radius 3 is 2.18 bits per heavy atom. The lowest BCUT2D eigenvalue weighted by Gasteiger charge is -2.17. The number of carbonyl (C=O) groups is 3. The van der Waals surface area contributed by atoms with Crippen LogP contribution in [-0.2, 0) is 9.59 Å². The number of ether oxygens (including phenoxy) is 1. The van der Waals surface area contributed by atoms with Crippen LogP contribution < -0.4 is 20.7 Å². The zero-order valence-corrected chi connectivity index (χ0v) is 30.4. The molecule has 1 atom stereocenters. The number of benzene rings is 5. The summed E-state index contributed by atoms with van der Waals surface area (Å²) in [4.78, 5) is 45.8. The van der Waals surface area contributed by atoms with Crippen LogP contribution in [0.25, 0.3) is 17.3 Å². The summed E-state index contributed by atoms with van der Waals surface area (Å²) in [5.41, 5.74) is 4.16. The number of aromatic nitrogens is 1. The third-order valence-electron chi connectivity index (χ3n) is 7.55. The van der Waals surface area contributed by atoms with E-state index in [1.165, 1.54) is 23.1 Å². The van der Waals surface area contributed by atoms with Crippen molar-refractivity contribution in [2.45, 2.75) is 10.1 Å². The fourth-order valence-corrected chi connectivity index (χ4v) is 7.00. The van der Waals surface area contributed by atoms with Gasteiger partial charge in [-0.25, -0.2) is 4.98 Å². The highest BCUT2D eigenvalue weighted by Crippen LogP contribution is 2.37. The van der Waals surface area contributed by atoms with Crippen LogP contribution in [-0.4, -0.2) is 29.8 Å². The molecule has 0 saturated carbocycles. The fourth-order valence-electron chi connectivity index (χ4n) is 4.99. The average Bonchev–Trinajstić information content (AvgIpc) is 3.63. The normalized spacial score (nSPS) is 11.7. The Bertz CT molecular complexity index is 2160. The number of anilines is 2. The average molecular weight is 776 g/mol. The maximum Gasteiger partial charge on any atom is 0.272 e. The SMILES string of the molecule is COc1ccccc1/C=C(\NC(=O)c1ccccc1)C(=O)Nc1ccc(SC(C(=O)Nc2nc(-c3ccc(Br)cc3)cs2)c2ccccc2)cc1. The van der Waals surface area contributed by atoms with Crippen LogP contribution in [0.4, 0.5) is 10.8 Å². The Hall–Kier alpha value is -5.49. The highest BCUT2D eigenvalue weighted by atomic mass is 79.9. The number of nitrogens with one attached hydrogen (secondary N) is 3. The van der Waals surface area contributed by atoms with Crippen molar-refractivity contribution in [2.24, 2.45) is 0 Å². The highest BCUT2D eigenvalue weighted by Gasteiger charge is 2.24. The smallest absolute Gasteiger partial charge is 0.272 e. The lowest BCUT2D eigenvalue weighted by Crippen LogP contribution is -2.30. The summed E-state index contributed by atoms with van der Waals surface area (Å²) in [5, 5.41) is 10.5. The number of hydrogen-bond donors (Lipinski definition) is 3. The maximum atomic E-state index is 13.7. The Balaban J connectivity index is 1.18. The minimum absolute atomic E-state index is 0.0399. The first-order valence-electron chi connectivity index (χ1n) is 15.7. The summed E-state index contributed by atoms with van der Waals surface area (Å²) in [5.74, 6) is -0.597. The molecule has 8 nitrogen and oxygen atoms in total. The maximum absolute atomic E-state index is 13.7. The van der Waals surface area contributed by atoms with E-state index < -0.39 is 17.1 Å². The molecule has 0 bridgehead atoms. The molecule has 6 rings (SSSR count). The first kappa shape index (κ1) is 35.3. The zero-order chi connectivity index (χ0) is 35.6. The van der Waals surface area contributed by atoms with E-state index in [0.29, 0.717) is 27.7 Å². The lowest BCUT2D eigenvalue weighted by atomic mass is 10.1. The predicted molar refractivity (Wildman–Crippen MR) is 209 cm³/mol. The van der Waals surface area contributed by atoms with Crippen LogP contribution in [0, 0.1) is 0 Å². The molecule has 0 radical (unpaired) electrons. The van der Waals surface area contributed by atoms with Crippen LogP contribution in [0.15, 0.2) is 154 Å². The van der Waals surface area contributed by atoms with Crippen LogP contribution in [0.1, 0.15) is 26.7 Å². The van der Waals surface area contributed by atoms with Crippen molar-refractivity contribution in [2.75, 3.05) is 17.7 Å². The van der Waals surface area contributed by atoms with Gasteiger partial charge in [0.05, 0.1) is 12.8 Å². The largest absolute Gasteiger partial charge is 0.496 e. The monoisotopic (exact) mass is 774 g/mol. The number of thiazole rings is 1. The first-order valence-corrected chi connectivity index (χ1v) is 18.3. The number of halogens is 1. The fraction of sp³-hybridized carbons (Fsp3) is 0.0500. The molecule has 0 aliphatic carbocycles. The van der Waals surface area contributed by atoms with Gasteiger partial charge < -0.3 is 20.7 Å². The molecule has 0 fully saturated rings. The molecule has 1 unspecified atom stereocenters. The minimum atomic E-state index is -0.574. The van der Waals surface area contributed by atoms with Crippen LogP contribution in [0.3, 0.4) is 0 Å². The number of amides is 3. The molecule has 1 heterocycles. The van der Waals surface area contributed by atoms with Crippen LogP contribution in [0.2, 0.25) is 0 Å². The van der Waals surface area contributed by atoms with E-state index in [9.17, 15) is 14.4 Å². The highest BCUT2D eigenvalue weighted by molar-refractivity contribution is 9.10. The molecule has 0 aliphatic rings. The van der Waals surface area contributed by atoms with Gasteiger partial charge in [0.2, 0.25) is 5.91 Å². The molecule has 6 aromatic rings. The molecule has 0 aliphatic heterocycles. The summed E-state index contributed by atoms with van der Waals surface area (Å²) in [6, 6.07) is 40.4. The summed E-state index contributed by atoms with van der Waals surface area (Å²) in [6.45, 7) is 0. The second kappa shape index (κ2) is 16.9. The molecule has 11 heteroatoms. The van der Waals surface area contributed by atoms with Crippen LogP contribution >= 0.6 is 39.0 Å². The molecule has 0 saturated heterocycles. The summed E-state index contributed by atoms with van der Waals surface area (Å²) < 4.78 is 6.44. The van der Waals surface area contributed by atoms with Crippen molar-refractivity contribution < 1.29 is 19.1 Å². The van der Waals surface area contributed by atoms with E-state index in [2.05, 4.69) is 36.9 Å². The van der Waals surface area contributed by atoms with Crippen molar-refractivity contribution in [1.82, 2.24) is 10.3 Å². The van der Waals surface area contributed by atoms with Crippen molar-refractivity contribution >= 4 is 73.6 Å². The molecular weight excluding hydrogens is 745 g/mol. The lowest BCUT2D eigenvalue weighted by molar-refractivity contribution is -0.116. The molecule has 1 aromatic heterocycles.